The zero-order valence-corrected chi connectivity index (χ0v) is 11.3. The van der Waals surface area contributed by atoms with Gasteiger partial charge in [-0.15, -0.1) is 11.3 Å². The van der Waals surface area contributed by atoms with Gasteiger partial charge < -0.3 is 5.11 Å². The Kier molecular flexibility index (Phi) is 4.19. The van der Waals surface area contributed by atoms with Crippen LogP contribution in [-0.4, -0.2) is 5.11 Å². The van der Waals surface area contributed by atoms with Crippen LogP contribution in [0.5, 0.6) is 0 Å². The SMILES string of the molecule is CCC(CC)CC(O)c1csc2ccccc12. The van der Waals surface area contributed by atoms with Crippen molar-refractivity contribution in [3.8, 4) is 0 Å². The van der Waals surface area contributed by atoms with E-state index in [-0.39, 0.29) is 6.10 Å². The van der Waals surface area contributed by atoms with Crippen LogP contribution in [0, 0.1) is 5.92 Å². The van der Waals surface area contributed by atoms with Crippen molar-refractivity contribution in [3.05, 3.63) is 35.2 Å². The van der Waals surface area contributed by atoms with E-state index in [0.717, 1.165) is 24.8 Å². The van der Waals surface area contributed by atoms with E-state index in [0.29, 0.717) is 5.92 Å². The van der Waals surface area contributed by atoms with E-state index in [1.54, 1.807) is 11.3 Å². The summed E-state index contributed by atoms with van der Waals surface area (Å²) in [5.41, 5.74) is 1.11. The highest BCUT2D eigenvalue weighted by atomic mass is 32.1. The molecular formula is C15H20OS. The maximum atomic E-state index is 10.3. The fourth-order valence-corrected chi connectivity index (χ4v) is 3.33. The van der Waals surface area contributed by atoms with Crippen molar-refractivity contribution in [3.63, 3.8) is 0 Å². The highest BCUT2D eigenvalue weighted by Gasteiger charge is 2.16. The molecule has 2 rings (SSSR count). The van der Waals surface area contributed by atoms with Crippen LogP contribution in [0.15, 0.2) is 29.6 Å². The summed E-state index contributed by atoms with van der Waals surface area (Å²) in [6.07, 6.45) is 2.87. The Bertz CT molecular complexity index is 470. The Hall–Kier alpha value is -0.860. The van der Waals surface area contributed by atoms with Crippen molar-refractivity contribution in [1.29, 1.82) is 0 Å². The molecule has 0 saturated carbocycles. The molecule has 1 aromatic heterocycles. The van der Waals surface area contributed by atoms with E-state index in [9.17, 15) is 5.11 Å². The van der Waals surface area contributed by atoms with Crippen LogP contribution in [0.1, 0.15) is 44.8 Å². The van der Waals surface area contributed by atoms with Gasteiger partial charge in [-0.1, -0.05) is 44.9 Å². The van der Waals surface area contributed by atoms with E-state index < -0.39 is 0 Å². The van der Waals surface area contributed by atoms with Gasteiger partial charge in [-0.2, -0.15) is 0 Å². The van der Waals surface area contributed by atoms with Crippen molar-refractivity contribution >= 4 is 21.4 Å². The largest absolute Gasteiger partial charge is 0.388 e. The third-order valence-corrected chi connectivity index (χ3v) is 4.56. The summed E-state index contributed by atoms with van der Waals surface area (Å²) in [6, 6.07) is 8.32. The van der Waals surface area contributed by atoms with Gasteiger partial charge in [0.05, 0.1) is 6.10 Å². The van der Waals surface area contributed by atoms with E-state index in [1.807, 2.05) is 6.07 Å². The number of benzene rings is 1. The molecule has 2 heteroatoms. The van der Waals surface area contributed by atoms with Gasteiger partial charge in [0.15, 0.2) is 0 Å². The molecular weight excluding hydrogens is 228 g/mol. The third-order valence-electron chi connectivity index (χ3n) is 3.58. The van der Waals surface area contributed by atoms with Crippen molar-refractivity contribution < 1.29 is 5.11 Å². The second-order valence-electron chi connectivity index (χ2n) is 4.62. The predicted molar refractivity (Wildman–Crippen MR) is 75.5 cm³/mol. The number of aliphatic hydroxyl groups excluding tert-OH is 1. The summed E-state index contributed by atoms with van der Waals surface area (Å²) in [7, 11) is 0. The Morgan fingerprint density at radius 1 is 1.18 bits per heavy atom. The first kappa shape index (κ1) is 12.6. The van der Waals surface area contributed by atoms with Gasteiger partial charge in [-0.25, -0.2) is 0 Å². The molecule has 0 radical (unpaired) electrons. The molecule has 1 heterocycles. The van der Waals surface area contributed by atoms with Crippen LogP contribution in [0.3, 0.4) is 0 Å². The molecule has 17 heavy (non-hydrogen) atoms. The number of hydrogen-bond acceptors (Lipinski definition) is 2. The van der Waals surface area contributed by atoms with E-state index in [4.69, 9.17) is 0 Å². The molecule has 0 bridgehead atoms. The minimum absolute atomic E-state index is 0.309. The molecule has 0 saturated heterocycles. The van der Waals surface area contributed by atoms with E-state index >= 15 is 0 Å². The lowest BCUT2D eigenvalue weighted by molar-refractivity contribution is 0.143. The van der Waals surface area contributed by atoms with Crippen LogP contribution in [0.25, 0.3) is 10.1 Å². The maximum absolute atomic E-state index is 10.3. The van der Waals surface area contributed by atoms with Crippen LogP contribution in [0.2, 0.25) is 0 Å². The normalized spacial score (nSPS) is 13.4. The number of rotatable bonds is 5. The van der Waals surface area contributed by atoms with Gasteiger partial charge in [0.25, 0.3) is 0 Å². The Morgan fingerprint density at radius 2 is 1.88 bits per heavy atom. The molecule has 1 unspecified atom stereocenters. The van der Waals surface area contributed by atoms with Crippen LogP contribution in [0.4, 0.5) is 0 Å². The van der Waals surface area contributed by atoms with Crippen LogP contribution >= 0.6 is 11.3 Å². The van der Waals surface area contributed by atoms with Crippen molar-refractivity contribution in [2.24, 2.45) is 5.92 Å². The maximum Gasteiger partial charge on any atom is 0.0806 e. The van der Waals surface area contributed by atoms with E-state index in [1.165, 1.54) is 10.1 Å². The fraction of sp³-hybridized carbons (Fsp3) is 0.467. The molecule has 0 amide bonds. The average molecular weight is 248 g/mol. The Balaban J connectivity index is 2.21. The summed E-state index contributed by atoms with van der Waals surface area (Å²) in [4.78, 5) is 0. The highest BCUT2D eigenvalue weighted by molar-refractivity contribution is 7.17. The summed E-state index contributed by atoms with van der Waals surface area (Å²) in [5, 5.41) is 13.7. The van der Waals surface area contributed by atoms with Crippen molar-refractivity contribution in [2.75, 3.05) is 0 Å². The number of aliphatic hydroxyl groups is 1. The zero-order valence-electron chi connectivity index (χ0n) is 10.5. The van der Waals surface area contributed by atoms with Crippen molar-refractivity contribution in [1.82, 2.24) is 0 Å². The average Bonchev–Trinajstić information content (AvgIpc) is 2.79. The Morgan fingerprint density at radius 3 is 2.59 bits per heavy atom. The Labute approximate surface area is 107 Å². The minimum Gasteiger partial charge on any atom is -0.388 e. The quantitative estimate of drug-likeness (QED) is 0.808. The molecule has 1 N–H and O–H groups in total. The number of fused-ring (bicyclic) bond motifs is 1. The van der Waals surface area contributed by atoms with Gasteiger partial charge >= 0.3 is 0 Å². The second kappa shape index (κ2) is 5.65. The summed E-state index contributed by atoms with van der Waals surface area (Å²) >= 11 is 1.72. The van der Waals surface area contributed by atoms with Crippen molar-refractivity contribution in [2.45, 2.75) is 39.2 Å². The minimum atomic E-state index is -0.309. The molecule has 0 aliphatic carbocycles. The lowest BCUT2D eigenvalue weighted by Crippen LogP contribution is -2.05. The second-order valence-corrected chi connectivity index (χ2v) is 5.53. The summed E-state index contributed by atoms with van der Waals surface area (Å²) in [6.45, 7) is 4.40. The molecule has 0 spiro atoms. The smallest absolute Gasteiger partial charge is 0.0806 e. The third kappa shape index (κ3) is 2.70. The zero-order chi connectivity index (χ0) is 12.3. The first-order valence-electron chi connectivity index (χ1n) is 6.40. The lowest BCUT2D eigenvalue weighted by Gasteiger charge is -2.17. The van der Waals surface area contributed by atoms with Crippen LogP contribution < -0.4 is 0 Å². The van der Waals surface area contributed by atoms with Gasteiger partial charge in [-0.3, -0.25) is 0 Å². The van der Waals surface area contributed by atoms with E-state index in [2.05, 4.69) is 37.4 Å². The molecule has 0 aliphatic rings. The summed E-state index contributed by atoms with van der Waals surface area (Å²) in [5.74, 6) is 0.628. The standard InChI is InChI=1S/C15H20OS/c1-3-11(4-2)9-14(16)13-10-17-15-8-6-5-7-12(13)15/h5-8,10-11,14,16H,3-4,9H2,1-2H3. The first-order chi connectivity index (χ1) is 8.26. The molecule has 92 valence electrons. The molecule has 0 aliphatic heterocycles. The highest BCUT2D eigenvalue weighted by Crippen LogP contribution is 2.34. The topological polar surface area (TPSA) is 20.2 Å². The van der Waals surface area contributed by atoms with Crippen LogP contribution in [-0.2, 0) is 0 Å². The van der Waals surface area contributed by atoms with Gasteiger partial charge in [-0.05, 0) is 34.7 Å². The fourth-order valence-electron chi connectivity index (χ4n) is 2.32. The number of hydrogen-bond donors (Lipinski definition) is 1. The molecule has 1 aromatic carbocycles. The van der Waals surface area contributed by atoms with Gasteiger partial charge in [0.2, 0.25) is 0 Å². The monoisotopic (exact) mass is 248 g/mol. The van der Waals surface area contributed by atoms with Gasteiger partial charge in [0.1, 0.15) is 0 Å². The molecule has 2 aromatic rings. The predicted octanol–water partition coefficient (Wildman–Crippen LogP) is 4.76. The molecule has 0 fully saturated rings. The molecule has 1 atom stereocenters. The van der Waals surface area contributed by atoms with Gasteiger partial charge in [0, 0.05) is 4.70 Å². The summed E-state index contributed by atoms with van der Waals surface area (Å²) < 4.78 is 1.27. The first-order valence-corrected chi connectivity index (χ1v) is 7.28. The number of thiophene rings is 1. The molecule has 1 nitrogen and oxygen atoms in total. The lowest BCUT2D eigenvalue weighted by atomic mass is 9.93.